The molecule has 0 aromatic carbocycles. The second-order valence-electron chi connectivity index (χ2n) is 4.30. The Kier molecular flexibility index (Phi) is 6.00. The Labute approximate surface area is 116 Å². The minimum atomic E-state index is -0.871. The summed E-state index contributed by atoms with van der Waals surface area (Å²) in [5, 5.41) is 28.7. The van der Waals surface area contributed by atoms with Gasteiger partial charge in [0, 0.05) is 32.2 Å². The predicted octanol–water partition coefficient (Wildman–Crippen LogP) is -0.466. The number of carbonyl (C=O) groups is 1. The fraction of sp³-hybridized carbons (Fsp3) is 0.700. The quantitative estimate of drug-likeness (QED) is 0.693. The number of carboxylic acid groups (broad SMARTS) is 1. The van der Waals surface area contributed by atoms with Gasteiger partial charge >= 0.3 is 6.09 Å². The maximum atomic E-state index is 10.9. The van der Waals surface area contributed by atoms with Crippen LogP contribution in [0.15, 0.2) is 6.20 Å². The fourth-order valence-corrected chi connectivity index (χ4v) is 2.00. The summed E-state index contributed by atoms with van der Waals surface area (Å²) in [6.45, 7) is 2.24. The first-order chi connectivity index (χ1) is 8.69. The number of hydrogen-bond acceptors (Lipinski definition) is 5. The summed E-state index contributed by atoms with van der Waals surface area (Å²) in [6, 6.07) is 0.136. The van der Waals surface area contributed by atoms with Crippen molar-refractivity contribution < 1.29 is 15.0 Å². The molecule has 3 N–H and O–H groups in total. The molecule has 108 valence electrons. The van der Waals surface area contributed by atoms with E-state index in [1.165, 1.54) is 4.90 Å². The van der Waals surface area contributed by atoms with Crippen molar-refractivity contribution in [3.63, 3.8) is 0 Å². The molecule has 19 heavy (non-hydrogen) atoms. The van der Waals surface area contributed by atoms with Crippen LogP contribution in [0.25, 0.3) is 0 Å². The highest BCUT2D eigenvalue weighted by Crippen LogP contribution is 2.05. The maximum absolute atomic E-state index is 10.9. The van der Waals surface area contributed by atoms with E-state index in [1.54, 1.807) is 10.9 Å². The van der Waals surface area contributed by atoms with Gasteiger partial charge in [0.05, 0.1) is 12.8 Å². The molecule has 0 aliphatic carbocycles. The van der Waals surface area contributed by atoms with Crippen LogP contribution in [-0.2, 0) is 13.2 Å². The Hall–Kier alpha value is -1.38. The molecule has 2 rings (SSSR count). The van der Waals surface area contributed by atoms with Crippen LogP contribution in [-0.4, -0.2) is 61.9 Å². The first-order valence-electron chi connectivity index (χ1n) is 5.90. The molecule has 0 spiro atoms. The topological polar surface area (TPSA) is 104 Å². The molecule has 0 unspecified atom stereocenters. The molecule has 1 atom stereocenters. The number of amides is 1. The molecule has 9 heteroatoms. The van der Waals surface area contributed by atoms with Crippen molar-refractivity contribution in [2.24, 2.45) is 0 Å². The van der Waals surface area contributed by atoms with Gasteiger partial charge in [-0.1, -0.05) is 5.21 Å². The third-order valence-corrected chi connectivity index (χ3v) is 2.98. The molecule has 1 amide bonds. The number of hydrogen-bond donors (Lipinski definition) is 3. The smallest absolute Gasteiger partial charge is 0.407 e. The van der Waals surface area contributed by atoms with Crippen LogP contribution in [0.5, 0.6) is 0 Å². The van der Waals surface area contributed by atoms with Crippen molar-refractivity contribution in [3.05, 3.63) is 11.9 Å². The molecule has 0 bridgehead atoms. The predicted molar refractivity (Wildman–Crippen MR) is 69.2 cm³/mol. The average molecular weight is 292 g/mol. The van der Waals surface area contributed by atoms with E-state index < -0.39 is 6.09 Å². The third-order valence-electron chi connectivity index (χ3n) is 2.98. The number of piperazine rings is 1. The Balaban J connectivity index is 0.00000180. The molecule has 8 nitrogen and oxygen atoms in total. The standard InChI is InChI=1S/C10H17N5O3.ClH/c16-7-9-6-15(13-12-9)3-1-8-5-14(10(17)18)4-2-11-8;/h6,8,11,16H,1-5,7H2,(H,17,18);1H/t8-;/m1./s1. The van der Waals surface area contributed by atoms with Gasteiger partial charge < -0.3 is 20.4 Å². The number of aromatic nitrogens is 3. The van der Waals surface area contributed by atoms with Crippen molar-refractivity contribution in [2.45, 2.75) is 25.6 Å². The molecule has 1 fully saturated rings. The van der Waals surface area contributed by atoms with Gasteiger partial charge in [-0.25, -0.2) is 4.79 Å². The Morgan fingerprint density at radius 3 is 3.00 bits per heavy atom. The SMILES string of the molecule is Cl.O=C(O)N1CCN[C@H](CCn2cc(CO)nn2)C1. The second kappa shape index (κ2) is 7.27. The zero-order chi connectivity index (χ0) is 13.0. The van der Waals surface area contributed by atoms with E-state index in [9.17, 15) is 4.79 Å². The molecule has 2 heterocycles. The van der Waals surface area contributed by atoms with Crippen LogP contribution in [0.3, 0.4) is 0 Å². The van der Waals surface area contributed by atoms with Crippen LogP contribution in [0.2, 0.25) is 0 Å². The molecule has 0 saturated carbocycles. The van der Waals surface area contributed by atoms with Gasteiger partial charge in [0.15, 0.2) is 0 Å². The summed E-state index contributed by atoms with van der Waals surface area (Å²) in [4.78, 5) is 12.3. The van der Waals surface area contributed by atoms with E-state index in [0.717, 1.165) is 6.42 Å². The van der Waals surface area contributed by atoms with E-state index in [2.05, 4.69) is 15.6 Å². The van der Waals surface area contributed by atoms with E-state index >= 15 is 0 Å². The monoisotopic (exact) mass is 291 g/mol. The summed E-state index contributed by atoms with van der Waals surface area (Å²) < 4.78 is 1.66. The third kappa shape index (κ3) is 4.34. The lowest BCUT2D eigenvalue weighted by Gasteiger charge is -2.31. The number of aliphatic hydroxyl groups excluding tert-OH is 1. The van der Waals surface area contributed by atoms with E-state index in [1.807, 2.05) is 0 Å². The number of aryl methyl sites for hydroxylation is 1. The maximum Gasteiger partial charge on any atom is 0.407 e. The molecule has 1 aliphatic heterocycles. The van der Waals surface area contributed by atoms with Gasteiger partial charge in [-0.15, -0.1) is 17.5 Å². The Morgan fingerprint density at radius 1 is 1.58 bits per heavy atom. The van der Waals surface area contributed by atoms with Crippen LogP contribution >= 0.6 is 12.4 Å². The van der Waals surface area contributed by atoms with Crippen LogP contribution < -0.4 is 5.32 Å². The number of aliphatic hydroxyl groups is 1. The van der Waals surface area contributed by atoms with Gasteiger partial charge in [0.25, 0.3) is 0 Å². The number of nitrogens with one attached hydrogen (secondary N) is 1. The summed E-state index contributed by atoms with van der Waals surface area (Å²) >= 11 is 0. The average Bonchev–Trinajstić information content (AvgIpc) is 2.84. The zero-order valence-electron chi connectivity index (χ0n) is 10.4. The highest BCUT2D eigenvalue weighted by Gasteiger charge is 2.22. The summed E-state index contributed by atoms with van der Waals surface area (Å²) in [6.07, 6.45) is 1.60. The minimum absolute atomic E-state index is 0. The van der Waals surface area contributed by atoms with E-state index in [4.69, 9.17) is 10.2 Å². The Bertz CT molecular complexity index is 414. The van der Waals surface area contributed by atoms with Crippen LogP contribution in [0.1, 0.15) is 12.1 Å². The van der Waals surface area contributed by atoms with Gasteiger partial charge in [0.1, 0.15) is 5.69 Å². The molecule has 1 aliphatic rings. The number of rotatable bonds is 4. The van der Waals surface area contributed by atoms with E-state index in [-0.39, 0.29) is 25.1 Å². The lowest BCUT2D eigenvalue weighted by atomic mass is 10.1. The van der Waals surface area contributed by atoms with Crippen molar-refractivity contribution in [1.29, 1.82) is 0 Å². The normalized spacial score (nSPS) is 19.0. The second-order valence-corrected chi connectivity index (χ2v) is 4.30. The molecule has 1 aromatic heterocycles. The minimum Gasteiger partial charge on any atom is -0.465 e. The fourth-order valence-electron chi connectivity index (χ4n) is 2.00. The van der Waals surface area contributed by atoms with Gasteiger partial charge in [-0.05, 0) is 6.42 Å². The lowest BCUT2D eigenvalue weighted by molar-refractivity contribution is 0.126. The van der Waals surface area contributed by atoms with Crippen molar-refractivity contribution >= 4 is 18.5 Å². The van der Waals surface area contributed by atoms with Gasteiger partial charge in [0.2, 0.25) is 0 Å². The van der Waals surface area contributed by atoms with Crippen molar-refractivity contribution in [3.8, 4) is 0 Å². The highest BCUT2D eigenvalue weighted by molar-refractivity contribution is 5.85. The molecular weight excluding hydrogens is 274 g/mol. The first-order valence-corrected chi connectivity index (χ1v) is 5.90. The lowest BCUT2D eigenvalue weighted by Crippen LogP contribution is -2.52. The highest BCUT2D eigenvalue weighted by atomic mass is 35.5. The number of nitrogens with zero attached hydrogens (tertiary/aromatic N) is 4. The first kappa shape index (κ1) is 15.7. The summed E-state index contributed by atoms with van der Waals surface area (Å²) in [5.74, 6) is 0. The molecule has 1 aromatic rings. The largest absolute Gasteiger partial charge is 0.465 e. The number of halogens is 1. The van der Waals surface area contributed by atoms with Crippen LogP contribution in [0, 0.1) is 0 Å². The van der Waals surface area contributed by atoms with Crippen LogP contribution in [0.4, 0.5) is 4.79 Å². The van der Waals surface area contributed by atoms with Crippen molar-refractivity contribution in [2.75, 3.05) is 19.6 Å². The molecule has 0 radical (unpaired) electrons. The zero-order valence-corrected chi connectivity index (χ0v) is 11.2. The Morgan fingerprint density at radius 2 is 2.37 bits per heavy atom. The van der Waals surface area contributed by atoms with Crippen molar-refractivity contribution in [1.82, 2.24) is 25.2 Å². The van der Waals surface area contributed by atoms with E-state index in [0.29, 0.717) is 31.9 Å². The van der Waals surface area contributed by atoms with Gasteiger partial charge in [-0.2, -0.15) is 0 Å². The molecule has 1 saturated heterocycles. The summed E-state index contributed by atoms with van der Waals surface area (Å²) in [7, 11) is 0. The summed E-state index contributed by atoms with van der Waals surface area (Å²) in [5.41, 5.74) is 0.541. The van der Waals surface area contributed by atoms with Gasteiger partial charge in [-0.3, -0.25) is 4.68 Å². The molecular formula is C10H18ClN5O3.